The van der Waals surface area contributed by atoms with Gasteiger partial charge in [0.2, 0.25) is 0 Å². The zero-order chi connectivity index (χ0) is 9.26. The zero-order valence-corrected chi connectivity index (χ0v) is 7.29. The molecule has 1 heterocycles. The Morgan fingerprint density at radius 2 is 2.31 bits per heavy atom. The van der Waals surface area contributed by atoms with Gasteiger partial charge in [0.25, 0.3) is 0 Å². The summed E-state index contributed by atoms with van der Waals surface area (Å²) in [4.78, 5) is 0. The predicted octanol–water partition coefficient (Wildman–Crippen LogP) is 1.40. The fraction of sp³-hybridized carbons (Fsp3) is 0.400. The van der Waals surface area contributed by atoms with Crippen molar-refractivity contribution < 1.29 is 9.13 Å². The topological polar surface area (TPSA) is 35.2 Å². The van der Waals surface area contributed by atoms with Crippen LogP contribution in [0.3, 0.4) is 0 Å². The van der Waals surface area contributed by atoms with Gasteiger partial charge in [-0.2, -0.15) is 0 Å². The molecule has 2 rings (SSSR count). The highest BCUT2D eigenvalue weighted by molar-refractivity contribution is 5.31. The first-order valence-corrected chi connectivity index (χ1v) is 4.39. The van der Waals surface area contributed by atoms with E-state index in [9.17, 15) is 4.39 Å². The minimum atomic E-state index is -0.226. The summed E-state index contributed by atoms with van der Waals surface area (Å²) in [6.45, 7) is 1.16. The lowest BCUT2D eigenvalue weighted by Crippen LogP contribution is -2.16. The van der Waals surface area contributed by atoms with Crippen molar-refractivity contribution in [1.29, 1.82) is 0 Å². The number of halogens is 1. The number of benzene rings is 1. The number of ether oxygens (including phenoxy) is 1. The Labute approximate surface area is 76.5 Å². The second-order valence-electron chi connectivity index (χ2n) is 3.27. The van der Waals surface area contributed by atoms with Crippen molar-refractivity contribution in [1.82, 2.24) is 0 Å². The molecule has 3 heteroatoms. The van der Waals surface area contributed by atoms with Crippen LogP contribution in [0.5, 0.6) is 0 Å². The molecule has 1 aromatic rings. The van der Waals surface area contributed by atoms with E-state index < -0.39 is 0 Å². The SMILES string of the molecule is NC1COCCc2ccc(F)cc21. The van der Waals surface area contributed by atoms with Gasteiger partial charge in [0.05, 0.1) is 19.3 Å². The molecule has 13 heavy (non-hydrogen) atoms. The average Bonchev–Trinajstić information content (AvgIpc) is 2.29. The molecule has 0 spiro atoms. The van der Waals surface area contributed by atoms with Gasteiger partial charge in [-0.15, -0.1) is 0 Å². The van der Waals surface area contributed by atoms with Crippen LogP contribution < -0.4 is 5.73 Å². The van der Waals surface area contributed by atoms with Crippen molar-refractivity contribution in [2.45, 2.75) is 12.5 Å². The van der Waals surface area contributed by atoms with Crippen molar-refractivity contribution >= 4 is 0 Å². The Balaban J connectivity index is 2.43. The van der Waals surface area contributed by atoms with Crippen molar-refractivity contribution in [3.05, 3.63) is 35.1 Å². The Bertz CT molecular complexity index is 314. The van der Waals surface area contributed by atoms with E-state index >= 15 is 0 Å². The van der Waals surface area contributed by atoms with Crippen LogP contribution in [0.15, 0.2) is 18.2 Å². The molecule has 1 aromatic carbocycles. The first-order chi connectivity index (χ1) is 6.27. The number of fused-ring (bicyclic) bond motifs is 1. The summed E-state index contributed by atoms with van der Waals surface area (Å²) in [7, 11) is 0. The molecule has 1 aliphatic rings. The number of rotatable bonds is 0. The van der Waals surface area contributed by atoms with Crippen molar-refractivity contribution in [2.24, 2.45) is 5.73 Å². The molecule has 2 nitrogen and oxygen atoms in total. The molecule has 1 atom stereocenters. The van der Waals surface area contributed by atoms with Gasteiger partial charge in [0.1, 0.15) is 5.82 Å². The van der Waals surface area contributed by atoms with E-state index in [1.165, 1.54) is 12.1 Å². The van der Waals surface area contributed by atoms with Crippen LogP contribution in [0.4, 0.5) is 4.39 Å². The lowest BCUT2D eigenvalue weighted by atomic mass is 10.00. The third kappa shape index (κ3) is 1.71. The molecule has 0 aromatic heterocycles. The van der Waals surface area contributed by atoms with Gasteiger partial charge in [-0.1, -0.05) is 6.07 Å². The molecule has 2 N–H and O–H groups in total. The highest BCUT2D eigenvalue weighted by Gasteiger charge is 2.15. The van der Waals surface area contributed by atoms with Gasteiger partial charge in [-0.05, 0) is 29.7 Å². The van der Waals surface area contributed by atoms with E-state index in [0.29, 0.717) is 13.2 Å². The van der Waals surface area contributed by atoms with Gasteiger partial charge in [0, 0.05) is 0 Å². The van der Waals surface area contributed by atoms with Gasteiger partial charge in [-0.25, -0.2) is 4.39 Å². The second-order valence-corrected chi connectivity index (χ2v) is 3.27. The van der Waals surface area contributed by atoms with E-state index in [-0.39, 0.29) is 11.9 Å². The molecular weight excluding hydrogens is 169 g/mol. The summed E-state index contributed by atoms with van der Waals surface area (Å²) in [5, 5.41) is 0. The number of hydrogen-bond donors (Lipinski definition) is 1. The molecule has 0 bridgehead atoms. The quantitative estimate of drug-likeness (QED) is 0.656. The summed E-state index contributed by atoms with van der Waals surface area (Å²) < 4.78 is 18.2. The zero-order valence-electron chi connectivity index (χ0n) is 7.29. The average molecular weight is 181 g/mol. The molecule has 0 saturated carbocycles. The lowest BCUT2D eigenvalue weighted by molar-refractivity contribution is 0.131. The molecule has 70 valence electrons. The second kappa shape index (κ2) is 3.44. The maximum absolute atomic E-state index is 12.9. The first kappa shape index (κ1) is 8.66. The summed E-state index contributed by atoms with van der Waals surface area (Å²) in [5.41, 5.74) is 7.81. The molecular formula is C10H12FNO. The van der Waals surface area contributed by atoms with Crippen LogP contribution in [0.25, 0.3) is 0 Å². The summed E-state index contributed by atoms with van der Waals surface area (Å²) in [5.74, 6) is -0.226. The highest BCUT2D eigenvalue weighted by Crippen LogP contribution is 2.21. The lowest BCUT2D eigenvalue weighted by Gasteiger charge is -2.11. The Morgan fingerprint density at radius 1 is 1.46 bits per heavy atom. The van der Waals surface area contributed by atoms with Crippen LogP contribution >= 0.6 is 0 Å². The van der Waals surface area contributed by atoms with E-state index in [1.54, 1.807) is 6.07 Å². The standard InChI is InChI=1S/C10H12FNO/c11-8-2-1-7-3-4-13-6-10(12)9(7)5-8/h1-2,5,10H,3-4,6,12H2. The summed E-state index contributed by atoms with van der Waals surface area (Å²) in [6, 6.07) is 4.58. The number of nitrogens with two attached hydrogens (primary N) is 1. The van der Waals surface area contributed by atoms with Crippen molar-refractivity contribution in [2.75, 3.05) is 13.2 Å². The van der Waals surface area contributed by atoms with Crippen LogP contribution in [0, 0.1) is 5.82 Å². The molecule has 0 radical (unpaired) electrons. The fourth-order valence-corrected chi connectivity index (χ4v) is 1.62. The Morgan fingerprint density at radius 3 is 3.15 bits per heavy atom. The van der Waals surface area contributed by atoms with Crippen molar-refractivity contribution in [3.63, 3.8) is 0 Å². The third-order valence-electron chi connectivity index (χ3n) is 2.32. The number of hydrogen-bond acceptors (Lipinski definition) is 2. The van der Waals surface area contributed by atoms with E-state index in [1.807, 2.05) is 0 Å². The van der Waals surface area contributed by atoms with Crippen LogP contribution in [0.1, 0.15) is 17.2 Å². The van der Waals surface area contributed by atoms with Crippen LogP contribution in [-0.4, -0.2) is 13.2 Å². The molecule has 0 amide bonds. The van der Waals surface area contributed by atoms with Crippen molar-refractivity contribution in [3.8, 4) is 0 Å². The van der Waals surface area contributed by atoms with Crippen LogP contribution in [-0.2, 0) is 11.2 Å². The molecule has 1 unspecified atom stereocenters. The van der Waals surface area contributed by atoms with Gasteiger partial charge in [0.15, 0.2) is 0 Å². The molecule has 0 aliphatic carbocycles. The Hall–Kier alpha value is -0.930. The predicted molar refractivity (Wildman–Crippen MR) is 47.9 cm³/mol. The molecule has 0 fully saturated rings. The van der Waals surface area contributed by atoms with E-state index in [0.717, 1.165) is 17.5 Å². The first-order valence-electron chi connectivity index (χ1n) is 4.39. The molecule has 1 aliphatic heterocycles. The third-order valence-corrected chi connectivity index (χ3v) is 2.32. The van der Waals surface area contributed by atoms with Crippen LogP contribution in [0.2, 0.25) is 0 Å². The van der Waals surface area contributed by atoms with Gasteiger partial charge in [-0.3, -0.25) is 0 Å². The smallest absolute Gasteiger partial charge is 0.123 e. The van der Waals surface area contributed by atoms with E-state index in [2.05, 4.69) is 0 Å². The minimum Gasteiger partial charge on any atom is -0.379 e. The Kier molecular flexibility index (Phi) is 2.29. The summed E-state index contributed by atoms with van der Waals surface area (Å²) in [6.07, 6.45) is 0.823. The molecule has 0 saturated heterocycles. The fourth-order valence-electron chi connectivity index (χ4n) is 1.62. The largest absolute Gasteiger partial charge is 0.379 e. The maximum atomic E-state index is 12.9. The van der Waals surface area contributed by atoms with E-state index in [4.69, 9.17) is 10.5 Å². The highest BCUT2D eigenvalue weighted by atomic mass is 19.1. The maximum Gasteiger partial charge on any atom is 0.123 e. The minimum absolute atomic E-state index is 0.187. The van der Waals surface area contributed by atoms with Gasteiger partial charge < -0.3 is 10.5 Å². The monoisotopic (exact) mass is 181 g/mol. The van der Waals surface area contributed by atoms with Gasteiger partial charge >= 0.3 is 0 Å². The normalized spacial score (nSPS) is 22.2. The summed E-state index contributed by atoms with van der Waals surface area (Å²) >= 11 is 0.